The van der Waals surface area contributed by atoms with Gasteiger partial charge in [0.25, 0.3) is 10.0 Å². The van der Waals surface area contributed by atoms with Crippen molar-refractivity contribution < 1.29 is 27.6 Å². The maximum atomic E-state index is 12.0. The highest BCUT2D eigenvalue weighted by Gasteiger charge is 2.25. The van der Waals surface area contributed by atoms with Gasteiger partial charge in [0, 0.05) is 6.07 Å². The van der Waals surface area contributed by atoms with E-state index in [0.717, 1.165) is 11.6 Å². The lowest BCUT2D eigenvalue weighted by Crippen LogP contribution is -2.23. The van der Waals surface area contributed by atoms with Gasteiger partial charge in [-0.2, -0.15) is 0 Å². The molecule has 0 bridgehead atoms. The van der Waals surface area contributed by atoms with E-state index in [9.17, 15) is 13.2 Å². The van der Waals surface area contributed by atoms with Crippen molar-refractivity contribution in [2.75, 3.05) is 0 Å². The van der Waals surface area contributed by atoms with Gasteiger partial charge in [0.05, 0.1) is 6.61 Å². The number of halogens is 1. The van der Waals surface area contributed by atoms with E-state index >= 15 is 0 Å². The Hall–Kier alpha value is -1.68. The van der Waals surface area contributed by atoms with Crippen molar-refractivity contribution in [3.63, 3.8) is 0 Å². The van der Waals surface area contributed by atoms with Crippen LogP contribution in [0, 0.1) is 0 Å². The highest BCUT2D eigenvalue weighted by atomic mass is 79.9. The lowest BCUT2D eigenvalue weighted by molar-refractivity contribution is 0.0661. The maximum Gasteiger partial charge on any atom is 0.371 e. The second kappa shape index (κ2) is 6.39. The molecule has 0 aliphatic heterocycles. The number of rotatable bonds is 6. The van der Waals surface area contributed by atoms with Crippen molar-refractivity contribution in [1.29, 1.82) is 0 Å². The van der Waals surface area contributed by atoms with Gasteiger partial charge in [-0.05, 0) is 21.5 Å². The number of hydrogen-bond acceptors (Lipinski definition) is 5. The molecule has 0 atom stereocenters. The highest BCUT2D eigenvalue weighted by Crippen LogP contribution is 2.26. The Balaban J connectivity index is 2.07. The second-order valence-corrected chi connectivity index (χ2v) is 6.25. The Morgan fingerprint density at radius 3 is 2.57 bits per heavy atom. The van der Waals surface area contributed by atoms with Crippen LogP contribution in [0.4, 0.5) is 0 Å². The van der Waals surface area contributed by atoms with Crippen molar-refractivity contribution in [3.05, 3.63) is 52.4 Å². The number of nitrogens with one attached hydrogen (secondary N) is 1. The summed E-state index contributed by atoms with van der Waals surface area (Å²) in [5, 5.41) is 8.75. The number of carboxylic acid groups (broad SMARTS) is 1. The zero-order chi connectivity index (χ0) is 15.5. The van der Waals surface area contributed by atoms with E-state index < -0.39 is 21.8 Å². The van der Waals surface area contributed by atoms with Crippen LogP contribution in [-0.2, 0) is 21.5 Å². The zero-order valence-corrected chi connectivity index (χ0v) is 12.8. The van der Waals surface area contributed by atoms with Gasteiger partial charge in [0.1, 0.15) is 4.90 Å². The van der Waals surface area contributed by atoms with Crippen LogP contribution in [0.3, 0.4) is 0 Å². The Morgan fingerprint density at radius 1 is 1.33 bits per heavy atom. The fourth-order valence-electron chi connectivity index (χ4n) is 1.45. The van der Waals surface area contributed by atoms with Crippen LogP contribution in [0.5, 0.6) is 0 Å². The van der Waals surface area contributed by atoms with Crippen LogP contribution in [0.1, 0.15) is 16.1 Å². The molecule has 0 fully saturated rings. The minimum atomic E-state index is -4.05. The summed E-state index contributed by atoms with van der Waals surface area (Å²) in [6, 6.07) is 9.83. The summed E-state index contributed by atoms with van der Waals surface area (Å²) in [4.78, 5) is 17.2. The van der Waals surface area contributed by atoms with Crippen molar-refractivity contribution in [2.45, 2.75) is 11.5 Å². The number of sulfonamides is 1. The van der Waals surface area contributed by atoms with Gasteiger partial charge in [0.2, 0.25) is 5.76 Å². The molecule has 112 valence electrons. The molecule has 1 heterocycles. The topological polar surface area (TPSA) is 106 Å². The third-order valence-electron chi connectivity index (χ3n) is 2.41. The number of carbonyl (C=O) groups is 1. The van der Waals surface area contributed by atoms with Crippen LogP contribution < -0.4 is 4.89 Å². The normalized spacial score (nSPS) is 11.5. The van der Waals surface area contributed by atoms with Crippen molar-refractivity contribution in [2.24, 2.45) is 0 Å². The molecule has 0 aliphatic carbocycles. The lowest BCUT2D eigenvalue weighted by atomic mass is 10.2. The summed E-state index contributed by atoms with van der Waals surface area (Å²) in [5.41, 5.74) is 0.776. The van der Waals surface area contributed by atoms with Gasteiger partial charge in [-0.1, -0.05) is 35.2 Å². The first kappa shape index (κ1) is 15.7. The van der Waals surface area contributed by atoms with Gasteiger partial charge in [0.15, 0.2) is 4.67 Å². The van der Waals surface area contributed by atoms with E-state index in [4.69, 9.17) is 14.4 Å². The molecule has 1 aromatic heterocycles. The molecule has 21 heavy (non-hydrogen) atoms. The minimum Gasteiger partial charge on any atom is -0.475 e. The van der Waals surface area contributed by atoms with Gasteiger partial charge >= 0.3 is 5.97 Å². The molecule has 0 radical (unpaired) electrons. The number of carboxylic acids is 1. The number of benzene rings is 1. The summed E-state index contributed by atoms with van der Waals surface area (Å²) in [5.74, 6) is -1.87. The fraction of sp³-hybridized carbons (Fsp3) is 0.0833. The first-order chi connectivity index (χ1) is 9.90. The maximum absolute atomic E-state index is 12.0. The average Bonchev–Trinajstić information content (AvgIpc) is 2.83. The van der Waals surface area contributed by atoms with Crippen LogP contribution >= 0.6 is 15.9 Å². The van der Waals surface area contributed by atoms with Crippen LogP contribution in [0.2, 0.25) is 0 Å². The predicted octanol–water partition coefficient (Wildman–Crippen LogP) is 2.15. The molecule has 2 N–H and O–H groups in total. The average molecular weight is 376 g/mol. The largest absolute Gasteiger partial charge is 0.475 e. The molecule has 0 saturated carbocycles. The Kier molecular flexibility index (Phi) is 4.78. The Morgan fingerprint density at radius 2 is 2.00 bits per heavy atom. The van der Waals surface area contributed by atoms with Crippen LogP contribution in [0.15, 0.2) is 50.4 Å². The molecule has 7 nitrogen and oxygen atoms in total. The molecule has 0 saturated heterocycles. The monoisotopic (exact) mass is 375 g/mol. The molecule has 2 rings (SSSR count). The summed E-state index contributed by atoms with van der Waals surface area (Å²) in [6.45, 7) is 0.0291. The zero-order valence-electron chi connectivity index (χ0n) is 10.4. The molecule has 9 heteroatoms. The second-order valence-electron chi connectivity index (χ2n) is 3.91. The van der Waals surface area contributed by atoms with E-state index in [0.29, 0.717) is 0 Å². The molecule has 0 unspecified atom stereocenters. The molecule has 0 spiro atoms. The highest BCUT2D eigenvalue weighted by molar-refractivity contribution is 9.10. The summed E-state index contributed by atoms with van der Waals surface area (Å²) in [7, 11) is -4.05. The molecule has 0 amide bonds. The standard InChI is InChI=1S/C12H10BrNO6S/c13-11-10(6-9(20-11)12(15)16)21(17,18)14-19-7-8-4-2-1-3-5-8/h1-6,14H,7H2,(H,15,16). The van der Waals surface area contributed by atoms with Crippen molar-refractivity contribution in [1.82, 2.24) is 4.89 Å². The number of hydrogen-bond donors (Lipinski definition) is 2. The summed E-state index contributed by atoms with van der Waals surface area (Å²) in [6.07, 6.45) is 0. The van der Waals surface area contributed by atoms with E-state index in [1.165, 1.54) is 0 Å². The first-order valence-electron chi connectivity index (χ1n) is 5.60. The van der Waals surface area contributed by atoms with E-state index in [-0.39, 0.29) is 16.2 Å². The smallest absolute Gasteiger partial charge is 0.371 e. The summed E-state index contributed by atoms with van der Waals surface area (Å²) < 4.78 is 28.5. The number of aromatic carboxylic acids is 1. The van der Waals surface area contributed by atoms with Crippen LogP contribution in [-0.4, -0.2) is 19.5 Å². The fourth-order valence-corrected chi connectivity index (χ4v) is 3.20. The van der Waals surface area contributed by atoms with Crippen LogP contribution in [0.25, 0.3) is 0 Å². The van der Waals surface area contributed by atoms with Gasteiger partial charge < -0.3 is 9.52 Å². The van der Waals surface area contributed by atoms with Gasteiger partial charge in [-0.3, -0.25) is 4.84 Å². The van der Waals surface area contributed by atoms with Gasteiger partial charge in [-0.15, -0.1) is 0 Å². The molecule has 0 aliphatic rings. The molecular formula is C12H10BrNO6S. The third-order valence-corrected chi connectivity index (χ3v) is 4.48. The first-order valence-corrected chi connectivity index (χ1v) is 7.88. The predicted molar refractivity (Wildman–Crippen MR) is 74.9 cm³/mol. The molecule has 1 aromatic carbocycles. The van der Waals surface area contributed by atoms with E-state index in [1.54, 1.807) is 24.3 Å². The molecule has 2 aromatic rings. The lowest BCUT2D eigenvalue weighted by Gasteiger charge is -2.05. The van der Waals surface area contributed by atoms with Gasteiger partial charge in [-0.25, -0.2) is 13.2 Å². The van der Waals surface area contributed by atoms with E-state index in [2.05, 4.69) is 15.9 Å². The minimum absolute atomic E-state index is 0.0291. The molecular weight excluding hydrogens is 366 g/mol. The van der Waals surface area contributed by atoms with Crippen molar-refractivity contribution >= 4 is 31.9 Å². The van der Waals surface area contributed by atoms with E-state index in [1.807, 2.05) is 11.0 Å². The summed E-state index contributed by atoms with van der Waals surface area (Å²) >= 11 is 2.85. The number of furan rings is 1. The third kappa shape index (κ3) is 3.91. The Bertz CT molecular complexity index is 740. The quantitative estimate of drug-likeness (QED) is 0.749. The van der Waals surface area contributed by atoms with Crippen molar-refractivity contribution in [3.8, 4) is 0 Å². The SMILES string of the molecule is O=C(O)c1cc(S(=O)(=O)NOCc2ccccc2)c(Br)o1. The Labute approximate surface area is 128 Å².